The Hall–Kier alpha value is -1.17. The van der Waals surface area contributed by atoms with E-state index in [2.05, 4.69) is 67.6 Å². The van der Waals surface area contributed by atoms with Crippen molar-refractivity contribution in [3.05, 3.63) is 71.8 Å². The van der Waals surface area contributed by atoms with E-state index in [0.29, 0.717) is 0 Å². The topological polar surface area (TPSA) is 9.23 Å². The van der Waals surface area contributed by atoms with Gasteiger partial charge in [0.15, 0.2) is 0 Å². The number of hydrogen-bond donors (Lipinski definition) is 0. The van der Waals surface area contributed by atoms with Crippen LogP contribution in [0.15, 0.2) is 60.7 Å². The summed E-state index contributed by atoms with van der Waals surface area (Å²) in [6.07, 6.45) is 8.71. The summed E-state index contributed by atoms with van der Waals surface area (Å²) >= 11 is 0. The van der Waals surface area contributed by atoms with Gasteiger partial charge in [0.2, 0.25) is 0 Å². The van der Waals surface area contributed by atoms with Gasteiger partial charge in [0.05, 0.1) is 6.61 Å². The predicted octanol–water partition coefficient (Wildman–Crippen LogP) is 5.77. The number of ether oxygens (including phenoxy) is 1. The summed E-state index contributed by atoms with van der Waals surface area (Å²) in [6, 6.07) is 21.8. The molecular weight excluding hydrogens is 311 g/mol. The zero-order chi connectivity index (χ0) is 16.9. The van der Waals surface area contributed by atoms with Crippen molar-refractivity contribution in [1.82, 2.24) is 0 Å². The van der Waals surface area contributed by atoms with Gasteiger partial charge in [-0.2, -0.15) is 0 Å². The van der Waals surface area contributed by atoms with Crippen LogP contribution in [0.2, 0.25) is 0 Å². The van der Waals surface area contributed by atoms with Gasteiger partial charge in [-0.1, -0.05) is 74.0 Å². The van der Waals surface area contributed by atoms with E-state index < -0.39 is 0 Å². The van der Waals surface area contributed by atoms with Crippen LogP contribution in [-0.2, 0) is 17.6 Å². The highest BCUT2D eigenvalue weighted by Gasteiger charge is 2.09. The van der Waals surface area contributed by atoms with Crippen LogP contribution in [0.4, 0.5) is 0 Å². The second-order valence-electron chi connectivity index (χ2n) is 6.28. The van der Waals surface area contributed by atoms with Crippen molar-refractivity contribution in [1.29, 1.82) is 0 Å². The van der Waals surface area contributed by atoms with Gasteiger partial charge in [-0.05, 0) is 48.9 Å². The molecule has 0 unspecified atom stereocenters. The van der Waals surface area contributed by atoms with Crippen LogP contribution >= 0.6 is 7.92 Å². The number of benzene rings is 2. The number of aryl methyl sites for hydroxylation is 2. The van der Waals surface area contributed by atoms with Crippen molar-refractivity contribution in [2.24, 2.45) is 0 Å². The largest absolute Gasteiger partial charge is 0.381 e. The van der Waals surface area contributed by atoms with Crippen molar-refractivity contribution in [2.75, 3.05) is 31.7 Å². The lowest BCUT2D eigenvalue weighted by atomic mass is 10.2. The summed E-state index contributed by atoms with van der Waals surface area (Å²) < 4.78 is 5.82. The second kappa shape index (κ2) is 12.2. The molecule has 0 aliphatic rings. The van der Waals surface area contributed by atoms with Crippen LogP contribution < -0.4 is 0 Å². The Balaban J connectivity index is 1.78. The van der Waals surface area contributed by atoms with Gasteiger partial charge < -0.3 is 4.74 Å². The van der Waals surface area contributed by atoms with Gasteiger partial charge in [0.1, 0.15) is 0 Å². The lowest BCUT2D eigenvalue weighted by molar-refractivity contribution is 0.146. The lowest BCUT2D eigenvalue weighted by Gasteiger charge is -2.18. The van der Waals surface area contributed by atoms with Gasteiger partial charge in [-0.3, -0.25) is 0 Å². The van der Waals surface area contributed by atoms with E-state index >= 15 is 0 Å². The van der Waals surface area contributed by atoms with Crippen LogP contribution in [0.3, 0.4) is 0 Å². The van der Waals surface area contributed by atoms with E-state index in [1.54, 1.807) is 0 Å². The summed E-state index contributed by atoms with van der Waals surface area (Å²) in [6.45, 7) is 4.09. The summed E-state index contributed by atoms with van der Waals surface area (Å²) in [7, 11) is 0.0461. The first kappa shape index (κ1) is 19.2. The molecule has 0 spiro atoms. The van der Waals surface area contributed by atoms with Gasteiger partial charge in [0.25, 0.3) is 0 Å². The zero-order valence-electron chi connectivity index (χ0n) is 15.0. The van der Waals surface area contributed by atoms with Gasteiger partial charge in [0, 0.05) is 6.61 Å². The molecule has 0 aliphatic carbocycles. The van der Waals surface area contributed by atoms with Crippen LogP contribution in [0.1, 0.15) is 30.9 Å². The van der Waals surface area contributed by atoms with E-state index in [1.165, 1.54) is 55.3 Å². The van der Waals surface area contributed by atoms with E-state index in [9.17, 15) is 0 Å². The SMILES string of the molecule is CCCCOCCP(CCc1ccccc1)CCc1ccccc1. The van der Waals surface area contributed by atoms with Crippen molar-refractivity contribution >= 4 is 7.92 Å². The van der Waals surface area contributed by atoms with Gasteiger partial charge >= 0.3 is 0 Å². The van der Waals surface area contributed by atoms with Crippen molar-refractivity contribution < 1.29 is 4.74 Å². The van der Waals surface area contributed by atoms with E-state index in [1.807, 2.05) is 0 Å². The predicted molar refractivity (Wildman–Crippen MR) is 108 cm³/mol. The molecule has 0 radical (unpaired) electrons. The third kappa shape index (κ3) is 8.08. The van der Waals surface area contributed by atoms with Crippen LogP contribution in [-0.4, -0.2) is 31.7 Å². The molecule has 0 saturated carbocycles. The van der Waals surface area contributed by atoms with E-state index in [4.69, 9.17) is 4.74 Å². The molecule has 2 aromatic rings. The Labute approximate surface area is 149 Å². The maximum Gasteiger partial charge on any atom is 0.0505 e. The van der Waals surface area contributed by atoms with Gasteiger partial charge in [-0.25, -0.2) is 0 Å². The number of rotatable bonds is 12. The smallest absolute Gasteiger partial charge is 0.0505 e. The fraction of sp³-hybridized carbons (Fsp3) is 0.455. The Bertz CT molecular complexity index is 483. The molecule has 1 nitrogen and oxygen atoms in total. The minimum absolute atomic E-state index is 0.0461. The summed E-state index contributed by atoms with van der Waals surface area (Å²) in [5, 5.41) is 0. The summed E-state index contributed by atoms with van der Waals surface area (Å²) in [4.78, 5) is 0. The Morgan fingerprint density at radius 2 is 1.25 bits per heavy atom. The highest BCUT2D eigenvalue weighted by Crippen LogP contribution is 2.36. The monoisotopic (exact) mass is 342 g/mol. The molecule has 0 atom stereocenters. The zero-order valence-corrected chi connectivity index (χ0v) is 15.9. The maximum atomic E-state index is 5.82. The number of unbranched alkanes of at least 4 members (excludes halogenated alkanes) is 1. The molecule has 0 saturated heterocycles. The molecule has 0 aliphatic heterocycles. The summed E-state index contributed by atoms with van der Waals surface area (Å²) in [5.74, 6) is 0. The fourth-order valence-electron chi connectivity index (χ4n) is 2.74. The standard InChI is InChI=1S/C22H31OP/c1-2-3-16-23-17-20-24(18-14-21-10-6-4-7-11-21)19-15-22-12-8-5-9-13-22/h4-13H,2-3,14-20H2,1H3. The van der Waals surface area contributed by atoms with Gasteiger partial charge in [-0.15, -0.1) is 7.92 Å². The normalized spacial score (nSPS) is 11.1. The molecule has 2 aromatic carbocycles. The molecule has 2 rings (SSSR count). The Morgan fingerprint density at radius 3 is 1.75 bits per heavy atom. The third-order valence-corrected chi connectivity index (χ3v) is 6.84. The molecule has 0 aromatic heterocycles. The highest BCUT2D eigenvalue weighted by molar-refractivity contribution is 7.57. The minimum Gasteiger partial charge on any atom is -0.381 e. The molecule has 0 heterocycles. The first-order valence-corrected chi connectivity index (χ1v) is 11.2. The first-order chi connectivity index (χ1) is 11.9. The van der Waals surface area contributed by atoms with E-state index in [0.717, 1.165) is 13.2 Å². The van der Waals surface area contributed by atoms with Crippen LogP contribution in [0, 0.1) is 0 Å². The van der Waals surface area contributed by atoms with Crippen molar-refractivity contribution in [2.45, 2.75) is 32.6 Å². The average molecular weight is 342 g/mol. The lowest BCUT2D eigenvalue weighted by Crippen LogP contribution is -2.06. The van der Waals surface area contributed by atoms with Crippen molar-refractivity contribution in [3.8, 4) is 0 Å². The van der Waals surface area contributed by atoms with Crippen LogP contribution in [0.25, 0.3) is 0 Å². The first-order valence-electron chi connectivity index (χ1n) is 9.26. The fourth-order valence-corrected chi connectivity index (χ4v) is 4.95. The molecule has 0 fully saturated rings. The average Bonchev–Trinajstić information content (AvgIpc) is 2.65. The molecule has 0 N–H and O–H groups in total. The number of hydrogen-bond acceptors (Lipinski definition) is 1. The Morgan fingerprint density at radius 1 is 0.708 bits per heavy atom. The summed E-state index contributed by atoms with van der Waals surface area (Å²) in [5.41, 5.74) is 2.94. The quantitative estimate of drug-likeness (QED) is 0.351. The molecule has 0 amide bonds. The minimum atomic E-state index is 0.0461. The Kier molecular flexibility index (Phi) is 9.76. The molecule has 2 heteroatoms. The maximum absolute atomic E-state index is 5.82. The van der Waals surface area contributed by atoms with Crippen LogP contribution in [0.5, 0.6) is 0 Å². The second-order valence-corrected chi connectivity index (χ2v) is 8.96. The molecule has 24 heavy (non-hydrogen) atoms. The molecule has 130 valence electrons. The van der Waals surface area contributed by atoms with Crippen molar-refractivity contribution in [3.63, 3.8) is 0 Å². The molecule has 0 bridgehead atoms. The van der Waals surface area contributed by atoms with E-state index in [-0.39, 0.29) is 7.92 Å². The third-order valence-electron chi connectivity index (χ3n) is 4.31. The molecular formula is C22H31OP. The highest BCUT2D eigenvalue weighted by atomic mass is 31.1.